The highest BCUT2D eigenvalue weighted by Gasteiger charge is 2.45. The van der Waals surface area contributed by atoms with Crippen LogP contribution in [0.15, 0.2) is 57.7 Å². The van der Waals surface area contributed by atoms with Gasteiger partial charge in [0, 0.05) is 36.4 Å². The number of piperidine rings is 1. The average Bonchev–Trinajstić information content (AvgIpc) is 3.03. The zero-order chi connectivity index (χ0) is 24.0. The topological polar surface area (TPSA) is 69.0 Å². The standard InChI is InChI=1S/C27H28FNO5/c1-27(2,3)34-26(31)29-19-8-9-20(29)14-22(13-19)32-21-10-7-17-12-23(25(30)33-24(17)15-21)16-5-4-6-18(28)11-16/h4-7,10-12,15,19-20,22H,8-9,13-14H2,1-3H3/t19-,20+,22+. The lowest BCUT2D eigenvalue weighted by molar-refractivity contribution is -0.00706. The molecule has 2 fully saturated rings. The molecule has 34 heavy (non-hydrogen) atoms. The van der Waals surface area contributed by atoms with Crippen LogP contribution in [-0.2, 0) is 4.74 Å². The van der Waals surface area contributed by atoms with Crippen molar-refractivity contribution in [1.29, 1.82) is 0 Å². The summed E-state index contributed by atoms with van der Waals surface area (Å²) in [5.41, 5.74) is 0.152. The molecule has 3 heterocycles. The monoisotopic (exact) mass is 465 g/mol. The van der Waals surface area contributed by atoms with Gasteiger partial charge in [-0.15, -0.1) is 0 Å². The average molecular weight is 466 g/mol. The Hall–Kier alpha value is -3.35. The van der Waals surface area contributed by atoms with Gasteiger partial charge in [0.05, 0.1) is 5.56 Å². The molecule has 2 aromatic carbocycles. The molecule has 0 saturated carbocycles. The third-order valence-corrected chi connectivity index (χ3v) is 6.44. The van der Waals surface area contributed by atoms with Crippen molar-refractivity contribution < 1.29 is 23.1 Å². The molecule has 7 heteroatoms. The van der Waals surface area contributed by atoms with E-state index in [-0.39, 0.29) is 24.3 Å². The van der Waals surface area contributed by atoms with E-state index < -0.39 is 17.0 Å². The first-order valence-corrected chi connectivity index (χ1v) is 11.7. The zero-order valence-electron chi connectivity index (χ0n) is 19.5. The number of hydrogen-bond donors (Lipinski definition) is 0. The summed E-state index contributed by atoms with van der Waals surface area (Å²) in [7, 11) is 0. The van der Waals surface area contributed by atoms with Crippen LogP contribution < -0.4 is 10.4 Å². The maximum atomic E-state index is 13.6. The van der Waals surface area contributed by atoms with Crippen molar-refractivity contribution in [3.63, 3.8) is 0 Å². The van der Waals surface area contributed by atoms with E-state index in [0.717, 1.165) is 31.1 Å². The second-order valence-corrected chi connectivity index (χ2v) is 10.1. The first-order chi connectivity index (χ1) is 16.2. The smallest absolute Gasteiger partial charge is 0.410 e. The molecule has 3 atom stereocenters. The normalized spacial score (nSPS) is 22.1. The van der Waals surface area contributed by atoms with Gasteiger partial charge in [-0.2, -0.15) is 0 Å². The van der Waals surface area contributed by atoms with E-state index in [2.05, 4.69) is 0 Å². The molecule has 178 valence electrons. The largest absolute Gasteiger partial charge is 0.490 e. The van der Waals surface area contributed by atoms with Gasteiger partial charge in [0.15, 0.2) is 0 Å². The fourth-order valence-electron chi connectivity index (χ4n) is 5.05. The molecule has 3 aromatic rings. The van der Waals surface area contributed by atoms with E-state index >= 15 is 0 Å². The number of halogens is 1. The Balaban J connectivity index is 1.32. The highest BCUT2D eigenvalue weighted by Crippen LogP contribution is 2.38. The van der Waals surface area contributed by atoms with Crippen LogP contribution in [0, 0.1) is 5.82 Å². The van der Waals surface area contributed by atoms with E-state index in [9.17, 15) is 14.0 Å². The van der Waals surface area contributed by atoms with Crippen LogP contribution in [-0.4, -0.2) is 34.8 Å². The van der Waals surface area contributed by atoms with Crippen LogP contribution in [0.25, 0.3) is 22.1 Å². The zero-order valence-corrected chi connectivity index (χ0v) is 19.5. The van der Waals surface area contributed by atoms with Crippen LogP contribution in [0.5, 0.6) is 5.75 Å². The Morgan fingerprint density at radius 3 is 2.47 bits per heavy atom. The first kappa shape index (κ1) is 22.4. The van der Waals surface area contributed by atoms with Gasteiger partial charge in [0.2, 0.25) is 0 Å². The van der Waals surface area contributed by atoms with Crippen molar-refractivity contribution in [3.8, 4) is 16.9 Å². The summed E-state index contributed by atoms with van der Waals surface area (Å²) in [6.45, 7) is 5.63. The number of rotatable bonds is 3. The minimum atomic E-state index is -0.529. The fraction of sp³-hybridized carbons (Fsp3) is 0.407. The SMILES string of the molecule is CC(C)(C)OC(=O)N1[C@@H]2CC[C@H]1C[C@@H](Oc1ccc3cc(-c4cccc(F)c4)c(=O)oc3c1)C2. The third-order valence-electron chi connectivity index (χ3n) is 6.44. The molecule has 0 N–H and O–H groups in total. The quantitative estimate of drug-likeness (QED) is 0.450. The van der Waals surface area contributed by atoms with Crippen molar-refractivity contribution in [3.05, 3.63) is 64.8 Å². The minimum absolute atomic E-state index is 0.0353. The van der Waals surface area contributed by atoms with Crippen LogP contribution >= 0.6 is 0 Å². The number of ether oxygens (including phenoxy) is 2. The van der Waals surface area contributed by atoms with Gasteiger partial charge in [-0.05, 0) is 69.5 Å². The van der Waals surface area contributed by atoms with Crippen molar-refractivity contribution in [2.24, 2.45) is 0 Å². The predicted molar refractivity (Wildman–Crippen MR) is 126 cm³/mol. The van der Waals surface area contributed by atoms with Crippen LogP contribution in [0.4, 0.5) is 9.18 Å². The maximum Gasteiger partial charge on any atom is 0.410 e. The van der Waals surface area contributed by atoms with Crippen LogP contribution in [0.2, 0.25) is 0 Å². The van der Waals surface area contributed by atoms with Gasteiger partial charge < -0.3 is 18.8 Å². The summed E-state index contributed by atoms with van der Waals surface area (Å²) < 4.78 is 31.0. The molecule has 6 nitrogen and oxygen atoms in total. The molecule has 5 rings (SSSR count). The van der Waals surface area contributed by atoms with Gasteiger partial charge in [-0.3, -0.25) is 0 Å². The van der Waals surface area contributed by atoms with Gasteiger partial charge >= 0.3 is 11.7 Å². The van der Waals surface area contributed by atoms with Gasteiger partial charge in [0.25, 0.3) is 0 Å². The van der Waals surface area contributed by atoms with E-state index in [1.165, 1.54) is 12.1 Å². The lowest BCUT2D eigenvalue weighted by Crippen LogP contribution is -2.50. The Labute approximate surface area is 197 Å². The number of amides is 1. The van der Waals surface area contributed by atoms with Crippen molar-refractivity contribution in [2.75, 3.05) is 0 Å². The molecule has 1 amide bonds. The molecule has 0 unspecified atom stereocenters. The predicted octanol–water partition coefficient (Wildman–Crippen LogP) is 5.91. The number of carbonyl (C=O) groups excluding carboxylic acids is 1. The molecular weight excluding hydrogens is 437 g/mol. The summed E-state index contributed by atoms with van der Waals surface area (Å²) in [5.74, 6) is 0.205. The van der Waals surface area contributed by atoms with E-state index in [1.54, 1.807) is 24.3 Å². The van der Waals surface area contributed by atoms with Gasteiger partial charge in [0.1, 0.15) is 28.9 Å². The van der Waals surface area contributed by atoms with Gasteiger partial charge in [-0.1, -0.05) is 12.1 Å². The van der Waals surface area contributed by atoms with Crippen LogP contribution in [0.3, 0.4) is 0 Å². The summed E-state index contributed by atoms with van der Waals surface area (Å²) in [4.78, 5) is 27.1. The molecule has 2 bridgehead atoms. The molecule has 0 radical (unpaired) electrons. The second-order valence-electron chi connectivity index (χ2n) is 10.1. The molecule has 2 saturated heterocycles. The van der Waals surface area contributed by atoms with Crippen molar-refractivity contribution >= 4 is 17.1 Å². The summed E-state index contributed by atoms with van der Waals surface area (Å²) in [5, 5.41) is 0.728. The second kappa shape index (κ2) is 8.46. The Kier molecular flexibility index (Phi) is 5.58. The number of nitrogens with zero attached hydrogens (tertiary/aromatic N) is 1. The minimum Gasteiger partial charge on any atom is -0.490 e. The van der Waals surface area contributed by atoms with Crippen molar-refractivity contribution in [1.82, 2.24) is 4.90 Å². The Morgan fingerprint density at radius 1 is 1.06 bits per heavy atom. The Bertz CT molecular complexity index is 1280. The van der Waals surface area contributed by atoms with E-state index in [4.69, 9.17) is 13.9 Å². The third kappa shape index (κ3) is 4.52. The highest BCUT2D eigenvalue weighted by molar-refractivity contribution is 5.82. The first-order valence-electron chi connectivity index (χ1n) is 11.7. The highest BCUT2D eigenvalue weighted by atomic mass is 19.1. The Morgan fingerprint density at radius 2 is 1.79 bits per heavy atom. The fourth-order valence-corrected chi connectivity index (χ4v) is 5.05. The summed E-state index contributed by atoms with van der Waals surface area (Å²) >= 11 is 0. The maximum absolute atomic E-state index is 13.6. The van der Waals surface area contributed by atoms with Crippen molar-refractivity contribution in [2.45, 2.75) is 70.2 Å². The lowest BCUT2D eigenvalue weighted by Gasteiger charge is -2.39. The summed E-state index contributed by atoms with van der Waals surface area (Å²) in [6, 6.07) is 13.2. The summed E-state index contributed by atoms with van der Waals surface area (Å²) in [6.07, 6.45) is 3.07. The molecule has 0 spiro atoms. The molecular formula is C27H28FNO5. The molecule has 1 aromatic heterocycles. The lowest BCUT2D eigenvalue weighted by atomic mass is 10.00. The number of benzene rings is 2. The molecule has 0 aliphatic carbocycles. The molecule has 2 aliphatic rings. The van der Waals surface area contributed by atoms with E-state index in [1.807, 2.05) is 37.8 Å². The molecule has 2 aliphatic heterocycles. The number of hydrogen-bond acceptors (Lipinski definition) is 5. The van der Waals surface area contributed by atoms with Gasteiger partial charge in [-0.25, -0.2) is 14.0 Å². The number of fused-ring (bicyclic) bond motifs is 3. The van der Waals surface area contributed by atoms with Crippen LogP contribution in [0.1, 0.15) is 46.5 Å². The van der Waals surface area contributed by atoms with E-state index in [0.29, 0.717) is 22.5 Å². The number of carbonyl (C=O) groups is 1.